The number of pyridine rings is 1. The highest BCUT2D eigenvalue weighted by atomic mass is 127. The number of guanidine groups is 1. The first-order valence-electron chi connectivity index (χ1n) is 9.27. The van der Waals surface area contributed by atoms with Crippen molar-refractivity contribution in [3.05, 3.63) is 23.9 Å². The van der Waals surface area contributed by atoms with Crippen molar-refractivity contribution in [1.82, 2.24) is 15.6 Å². The summed E-state index contributed by atoms with van der Waals surface area (Å²) >= 11 is 0. The monoisotopic (exact) mass is 476 g/mol. The van der Waals surface area contributed by atoms with Gasteiger partial charge in [0.2, 0.25) is 5.88 Å². The maximum Gasteiger partial charge on any atom is 0.213 e. The van der Waals surface area contributed by atoms with Gasteiger partial charge in [0, 0.05) is 39.0 Å². The zero-order valence-electron chi connectivity index (χ0n) is 16.2. The van der Waals surface area contributed by atoms with Crippen molar-refractivity contribution < 1.29 is 9.47 Å². The fourth-order valence-corrected chi connectivity index (χ4v) is 2.20. The molecule has 0 atom stereocenters. The Labute approximate surface area is 174 Å². The van der Waals surface area contributed by atoms with Crippen LogP contribution in [0, 0.1) is 11.8 Å². The van der Waals surface area contributed by atoms with E-state index in [1.165, 1.54) is 12.8 Å². The average molecular weight is 476 g/mol. The number of nitrogens with one attached hydrogen (secondary N) is 2. The van der Waals surface area contributed by atoms with E-state index >= 15 is 0 Å². The Balaban J connectivity index is 0.00000338. The van der Waals surface area contributed by atoms with Crippen molar-refractivity contribution in [3.8, 4) is 5.88 Å². The molecule has 0 spiro atoms. The molecule has 1 saturated carbocycles. The van der Waals surface area contributed by atoms with Gasteiger partial charge in [-0.3, -0.25) is 4.99 Å². The third-order valence-corrected chi connectivity index (χ3v) is 4.03. The zero-order valence-corrected chi connectivity index (χ0v) is 18.5. The summed E-state index contributed by atoms with van der Waals surface area (Å²) in [6.07, 6.45) is 5.45. The fourth-order valence-electron chi connectivity index (χ4n) is 2.20. The van der Waals surface area contributed by atoms with Gasteiger partial charge in [-0.15, -0.1) is 24.0 Å². The number of rotatable bonds is 11. The molecular weight excluding hydrogens is 443 g/mol. The quantitative estimate of drug-likeness (QED) is 0.222. The Kier molecular flexibility index (Phi) is 11.6. The molecule has 0 radical (unpaired) electrons. The molecule has 0 unspecified atom stereocenters. The number of nitrogens with zero attached hydrogens (tertiary/aromatic N) is 2. The maximum absolute atomic E-state index is 5.72. The minimum Gasteiger partial charge on any atom is -0.477 e. The first-order valence-corrected chi connectivity index (χ1v) is 9.27. The van der Waals surface area contributed by atoms with Crippen LogP contribution in [0.25, 0.3) is 0 Å². The van der Waals surface area contributed by atoms with Crippen LogP contribution in [0.2, 0.25) is 0 Å². The van der Waals surface area contributed by atoms with E-state index in [0.717, 1.165) is 43.6 Å². The van der Waals surface area contributed by atoms with Gasteiger partial charge in [0.25, 0.3) is 0 Å². The molecular formula is C19H33IN4O2. The van der Waals surface area contributed by atoms with Gasteiger partial charge in [-0.2, -0.15) is 0 Å². The lowest BCUT2D eigenvalue weighted by atomic mass is 10.1. The van der Waals surface area contributed by atoms with Crippen LogP contribution in [0.3, 0.4) is 0 Å². The van der Waals surface area contributed by atoms with Crippen LogP contribution in [0.15, 0.2) is 23.3 Å². The number of ether oxygens (including phenoxy) is 2. The van der Waals surface area contributed by atoms with Crippen LogP contribution < -0.4 is 15.4 Å². The summed E-state index contributed by atoms with van der Waals surface area (Å²) in [5.74, 6) is 2.88. The van der Waals surface area contributed by atoms with Crippen LogP contribution in [0.5, 0.6) is 5.88 Å². The van der Waals surface area contributed by atoms with Crippen molar-refractivity contribution in [2.75, 3.05) is 33.4 Å². The molecule has 1 aromatic heterocycles. The van der Waals surface area contributed by atoms with E-state index in [0.29, 0.717) is 24.9 Å². The Hall–Kier alpha value is -1.09. The van der Waals surface area contributed by atoms with Crippen LogP contribution in [-0.2, 0) is 11.3 Å². The lowest BCUT2D eigenvalue weighted by molar-refractivity contribution is 0.128. The zero-order chi connectivity index (χ0) is 17.9. The second kappa shape index (κ2) is 13.1. The largest absolute Gasteiger partial charge is 0.477 e. The molecule has 26 heavy (non-hydrogen) atoms. The van der Waals surface area contributed by atoms with Crippen LogP contribution >= 0.6 is 24.0 Å². The molecule has 0 aromatic carbocycles. The fraction of sp³-hybridized carbons (Fsp3) is 0.684. The van der Waals surface area contributed by atoms with E-state index in [1.54, 1.807) is 13.2 Å². The van der Waals surface area contributed by atoms with Gasteiger partial charge in [-0.25, -0.2) is 4.98 Å². The number of aromatic nitrogens is 1. The van der Waals surface area contributed by atoms with E-state index in [2.05, 4.69) is 34.5 Å². The Morgan fingerprint density at radius 2 is 2.12 bits per heavy atom. The molecule has 1 aliphatic carbocycles. The Morgan fingerprint density at radius 3 is 2.81 bits per heavy atom. The molecule has 2 N–H and O–H groups in total. The van der Waals surface area contributed by atoms with E-state index in [9.17, 15) is 0 Å². The van der Waals surface area contributed by atoms with Crippen molar-refractivity contribution >= 4 is 29.9 Å². The molecule has 0 saturated heterocycles. The molecule has 0 aliphatic heterocycles. The summed E-state index contributed by atoms with van der Waals surface area (Å²) in [6, 6.07) is 3.97. The van der Waals surface area contributed by atoms with Crippen LogP contribution in [0.1, 0.15) is 38.7 Å². The molecule has 6 nitrogen and oxygen atoms in total. The number of halogens is 1. The molecule has 7 heteroatoms. The third kappa shape index (κ3) is 10.2. The van der Waals surface area contributed by atoms with Gasteiger partial charge in [0.15, 0.2) is 5.96 Å². The number of aliphatic imine (C=N–C) groups is 1. The molecule has 0 bridgehead atoms. The summed E-state index contributed by atoms with van der Waals surface area (Å²) in [7, 11) is 1.77. The van der Waals surface area contributed by atoms with Gasteiger partial charge in [0.1, 0.15) is 0 Å². The van der Waals surface area contributed by atoms with E-state index in [-0.39, 0.29) is 24.0 Å². The summed E-state index contributed by atoms with van der Waals surface area (Å²) in [5, 5.41) is 6.56. The van der Waals surface area contributed by atoms with E-state index in [1.807, 2.05) is 12.1 Å². The Bertz CT molecular complexity index is 536. The molecule has 0 amide bonds. The molecule has 148 valence electrons. The highest BCUT2D eigenvalue weighted by Crippen LogP contribution is 2.29. The minimum absolute atomic E-state index is 0. The van der Waals surface area contributed by atoms with Crippen molar-refractivity contribution in [2.45, 2.75) is 39.7 Å². The average Bonchev–Trinajstić information content (AvgIpc) is 3.43. The summed E-state index contributed by atoms with van der Waals surface area (Å²) in [4.78, 5) is 8.50. The maximum atomic E-state index is 5.72. The molecule has 1 aliphatic rings. The minimum atomic E-state index is 0. The van der Waals surface area contributed by atoms with Crippen LogP contribution in [0.4, 0.5) is 0 Å². The van der Waals surface area contributed by atoms with Crippen molar-refractivity contribution in [1.29, 1.82) is 0 Å². The third-order valence-electron chi connectivity index (χ3n) is 4.03. The molecule has 2 rings (SSSR count). The number of hydrogen-bond acceptors (Lipinski definition) is 4. The summed E-state index contributed by atoms with van der Waals surface area (Å²) in [5.41, 5.74) is 1.12. The van der Waals surface area contributed by atoms with Gasteiger partial charge in [-0.1, -0.05) is 13.8 Å². The molecule has 1 fully saturated rings. The lowest BCUT2D eigenvalue weighted by Gasteiger charge is -2.13. The van der Waals surface area contributed by atoms with Crippen molar-refractivity contribution in [2.24, 2.45) is 16.8 Å². The Morgan fingerprint density at radius 1 is 1.31 bits per heavy atom. The molecule has 1 heterocycles. The highest BCUT2D eigenvalue weighted by molar-refractivity contribution is 14.0. The first kappa shape index (κ1) is 23.0. The SMILES string of the molecule is CN=C(NCCOCCC(C)C)NCc1ccnc(OCC2CC2)c1.I. The van der Waals surface area contributed by atoms with Gasteiger partial charge < -0.3 is 20.1 Å². The predicted molar refractivity (Wildman–Crippen MR) is 116 cm³/mol. The van der Waals surface area contributed by atoms with Gasteiger partial charge in [0.05, 0.1) is 13.2 Å². The summed E-state index contributed by atoms with van der Waals surface area (Å²) < 4.78 is 11.3. The predicted octanol–water partition coefficient (Wildman–Crippen LogP) is 3.22. The van der Waals surface area contributed by atoms with E-state index < -0.39 is 0 Å². The standard InChI is InChI=1S/C19H32N4O2.HI/c1-15(2)7-10-24-11-9-22-19(20-3)23-13-17-6-8-21-18(12-17)25-14-16-4-5-16;/h6,8,12,15-16H,4-5,7,9-11,13-14H2,1-3H3,(H2,20,22,23);1H. The first-order chi connectivity index (χ1) is 12.2. The van der Waals surface area contributed by atoms with Crippen molar-refractivity contribution in [3.63, 3.8) is 0 Å². The van der Waals surface area contributed by atoms with Gasteiger partial charge in [-0.05, 0) is 42.7 Å². The molecule has 1 aromatic rings. The normalized spacial score (nSPS) is 14.1. The lowest BCUT2D eigenvalue weighted by Crippen LogP contribution is -2.38. The smallest absolute Gasteiger partial charge is 0.213 e. The second-order valence-corrected chi connectivity index (χ2v) is 6.90. The second-order valence-electron chi connectivity index (χ2n) is 6.90. The van der Waals surface area contributed by atoms with E-state index in [4.69, 9.17) is 9.47 Å². The topological polar surface area (TPSA) is 67.8 Å². The highest BCUT2D eigenvalue weighted by Gasteiger charge is 2.22. The summed E-state index contributed by atoms with van der Waals surface area (Å²) in [6.45, 7) is 8.10. The van der Waals surface area contributed by atoms with Gasteiger partial charge >= 0.3 is 0 Å². The number of hydrogen-bond donors (Lipinski definition) is 2. The van der Waals surface area contributed by atoms with Crippen LogP contribution in [-0.4, -0.2) is 44.4 Å².